The van der Waals surface area contributed by atoms with Crippen LogP contribution in [0.25, 0.3) is 11.0 Å². The molecule has 2 aromatic heterocycles. The third-order valence-corrected chi connectivity index (χ3v) is 4.24. The van der Waals surface area contributed by atoms with Crippen molar-refractivity contribution in [3.8, 4) is 0 Å². The number of aliphatic carboxylic acids is 1. The zero-order valence-electron chi connectivity index (χ0n) is 12.3. The largest absolute Gasteiger partial charge is 0.480 e. The lowest BCUT2D eigenvalue weighted by Crippen LogP contribution is -2.32. The van der Waals surface area contributed by atoms with Gasteiger partial charge in [0.1, 0.15) is 6.04 Å². The summed E-state index contributed by atoms with van der Waals surface area (Å²) in [6.07, 6.45) is 0.221. The molecule has 1 aromatic carbocycles. The Hall–Kier alpha value is -2.38. The lowest BCUT2D eigenvalue weighted by molar-refractivity contribution is -0.138. The molecular formula is C16H16N4O2S. The quantitative estimate of drug-likeness (QED) is 0.599. The van der Waals surface area contributed by atoms with E-state index in [0.717, 1.165) is 21.9 Å². The first-order valence-electron chi connectivity index (χ1n) is 7.12. The number of benzene rings is 1. The van der Waals surface area contributed by atoms with Crippen molar-refractivity contribution in [2.24, 2.45) is 5.73 Å². The Morgan fingerprint density at radius 3 is 2.74 bits per heavy atom. The van der Waals surface area contributed by atoms with Gasteiger partial charge in [-0.2, -0.15) is 0 Å². The maximum Gasteiger partial charge on any atom is 0.320 e. The standard InChI is InChI=1S/C16H16N4O2S/c17-12(15(21)22)8-10-4-3-5-11(18-10)9-23-16-19-13-6-1-2-7-14(13)20-16/h1-7,12H,8-9,17H2,(H,19,20)(H,21,22)/t12-/m0/s1. The van der Waals surface area contributed by atoms with E-state index in [4.69, 9.17) is 10.8 Å². The molecule has 3 aromatic rings. The van der Waals surface area contributed by atoms with Crippen molar-refractivity contribution in [3.05, 3.63) is 53.9 Å². The number of para-hydroxylation sites is 2. The molecule has 2 heterocycles. The van der Waals surface area contributed by atoms with Gasteiger partial charge in [-0.05, 0) is 24.3 Å². The Bertz CT molecular complexity index is 801. The number of pyridine rings is 1. The van der Waals surface area contributed by atoms with Crippen LogP contribution in [0.5, 0.6) is 0 Å². The van der Waals surface area contributed by atoms with E-state index in [-0.39, 0.29) is 6.42 Å². The molecule has 0 fully saturated rings. The molecule has 0 amide bonds. The third kappa shape index (κ3) is 3.88. The number of hydrogen-bond acceptors (Lipinski definition) is 5. The predicted octanol–water partition coefficient (Wildman–Crippen LogP) is 2.20. The van der Waals surface area contributed by atoms with Gasteiger partial charge < -0.3 is 15.8 Å². The number of nitrogens with one attached hydrogen (secondary N) is 1. The van der Waals surface area contributed by atoms with Gasteiger partial charge >= 0.3 is 5.97 Å². The maximum absolute atomic E-state index is 10.8. The number of rotatable bonds is 6. The van der Waals surface area contributed by atoms with Crippen LogP contribution in [0.1, 0.15) is 11.4 Å². The summed E-state index contributed by atoms with van der Waals surface area (Å²) in [6.45, 7) is 0. The van der Waals surface area contributed by atoms with Crippen molar-refractivity contribution in [3.63, 3.8) is 0 Å². The Morgan fingerprint density at radius 1 is 1.17 bits per heavy atom. The van der Waals surface area contributed by atoms with E-state index >= 15 is 0 Å². The molecule has 0 spiro atoms. The summed E-state index contributed by atoms with van der Waals surface area (Å²) >= 11 is 1.56. The topological polar surface area (TPSA) is 105 Å². The van der Waals surface area contributed by atoms with Gasteiger partial charge in [0, 0.05) is 17.9 Å². The van der Waals surface area contributed by atoms with E-state index in [1.807, 2.05) is 36.4 Å². The molecule has 6 nitrogen and oxygen atoms in total. The molecular weight excluding hydrogens is 312 g/mol. The predicted molar refractivity (Wildman–Crippen MR) is 89.2 cm³/mol. The zero-order valence-corrected chi connectivity index (χ0v) is 13.1. The molecule has 0 aliphatic carbocycles. The van der Waals surface area contributed by atoms with Gasteiger partial charge in [0.05, 0.1) is 16.7 Å². The molecule has 7 heteroatoms. The van der Waals surface area contributed by atoms with Crippen molar-refractivity contribution in [2.45, 2.75) is 23.4 Å². The van der Waals surface area contributed by atoms with Crippen LogP contribution in [0.3, 0.4) is 0 Å². The van der Waals surface area contributed by atoms with Gasteiger partial charge in [-0.1, -0.05) is 30.0 Å². The first kappa shape index (κ1) is 15.5. The lowest BCUT2D eigenvalue weighted by atomic mass is 10.1. The summed E-state index contributed by atoms with van der Waals surface area (Å²) < 4.78 is 0. The van der Waals surface area contributed by atoms with Gasteiger partial charge in [-0.3, -0.25) is 9.78 Å². The zero-order chi connectivity index (χ0) is 16.2. The van der Waals surface area contributed by atoms with E-state index in [1.54, 1.807) is 17.8 Å². The Morgan fingerprint density at radius 2 is 1.96 bits per heavy atom. The summed E-state index contributed by atoms with van der Waals surface area (Å²) in [4.78, 5) is 23.0. The average Bonchev–Trinajstić information content (AvgIpc) is 2.96. The highest BCUT2D eigenvalue weighted by Crippen LogP contribution is 2.22. The van der Waals surface area contributed by atoms with Crippen molar-refractivity contribution in [2.75, 3.05) is 0 Å². The summed E-state index contributed by atoms with van der Waals surface area (Å²) in [5.74, 6) is -0.371. The van der Waals surface area contributed by atoms with Gasteiger partial charge in [0.2, 0.25) is 0 Å². The number of hydrogen-bond donors (Lipinski definition) is 3. The van der Waals surface area contributed by atoms with Crippen LogP contribution in [0, 0.1) is 0 Å². The minimum absolute atomic E-state index is 0.221. The van der Waals surface area contributed by atoms with Gasteiger partial charge in [0.15, 0.2) is 5.16 Å². The van der Waals surface area contributed by atoms with Crippen LogP contribution < -0.4 is 5.73 Å². The molecule has 1 atom stereocenters. The molecule has 0 aliphatic rings. The van der Waals surface area contributed by atoms with Crippen LogP contribution in [0.2, 0.25) is 0 Å². The SMILES string of the molecule is N[C@@H](Cc1cccc(CSc2nc3ccccc3[nH]2)n1)C(=O)O. The third-order valence-electron chi connectivity index (χ3n) is 3.34. The smallest absolute Gasteiger partial charge is 0.320 e. The number of carbonyl (C=O) groups is 1. The summed E-state index contributed by atoms with van der Waals surface area (Å²) in [6, 6.07) is 12.5. The van der Waals surface area contributed by atoms with Crippen LogP contribution in [0.15, 0.2) is 47.6 Å². The van der Waals surface area contributed by atoms with Crippen molar-refractivity contribution < 1.29 is 9.90 Å². The molecule has 4 N–H and O–H groups in total. The second-order valence-corrected chi connectivity index (χ2v) is 6.08. The second kappa shape index (κ2) is 6.80. The van der Waals surface area contributed by atoms with Gasteiger partial charge in [0.25, 0.3) is 0 Å². The number of carboxylic acid groups (broad SMARTS) is 1. The fourth-order valence-electron chi connectivity index (χ4n) is 2.18. The summed E-state index contributed by atoms with van der Waals surface area (Å²) in [7, 11) is 0. The van der Waals surface area contributed by atoms with Crippen molar-refractivity contribution >= 4 is 28.8 Å². The minimum Gasteiger partial charge on any atom is -0.480 e. The maximum atomic E-state index is 10.8. The number of imidazole rings is 1. The number of thioether (sulfide) groups is 1. The van der Waals surface area contributed by atoms with E-state index < -0.39 is 12.0 Å². The van der Waals surface area contributed by atoms with Crippen molar-refractivity contribution in [1.82, 2.24) is 15.0 Å². The first-order valence-corrected chi connectivity index (χ1v) is 8.11. The van der Waals surface area contributed by atoms with Crippen LogP contribution >= 0.6 is 11.8 Å². The number of nitrogens with two attached hydrogens (primary N) is 1. The Kier molecular flexibility index (Phi) is 4.59. The lowest BCUT2D eigenvalue weighted by Gasteiger charge is -2.07. The van der Waals surface area contributed by atoms with Crippen LogP contribution in [-0.2, 0) is 17.0 Å². The number of carboxylic acids is 1. The molecule has 3 rings (SSSR count). The van der Waals surface area contributed by atoms with Crippen LogP contribution in [0.4, 0.5) is 0 Å². The molecule has 0 saturated carbocycles. The van der Waals surface area contributed by atoms with Gasteiger partial charge in [-0.15, -0.1) is 0 Å². The van der Waals surface area contributed by atoms with E-state index in [9.17, 15) is 4.79 Å². The van der Waals surface area contributed by atoms with E-state index in [1.165, 1.54) is 0 Å². The van der Waals surface area contributed by atoms with E-state index in [0.29, 0.717) is 11.4 Å². The number of aromatic amines is 1. The number of H-pyrrole nitrogens is 1. The monoisotopic (exact) mass is 328 g/mol. The first-order chi connectivity index (χ1) is 11.1. The average molecular weight is 328 g/mol. The molecule has 0 saturated heterocycles. The van der Waals surface area contributed by atoms with E-state index in [2.05, 4.69) is 15.0 Å². The molecule has 0 radical (unpaired) electrons. The Balaban J connectivity index is 1.67. The molecule has 23 heavy (non-hydrogen) atoms. The Labute approximate surface area is 137 Å². The normalized spacial score (nSPS) is 12.4. The highest BCUT2D eigenvalue weighted by molar-refractivity contribution is 7.98. The summed E-state index contributed by atoms with van der Waals surface area (Å²) in [5.41, 5.74) is 9.03. The molecule has 0 unspecified atom stereocenters. The van der Waals surface area contributed by atoms with Crippen LogP contribution in [-0.4, -0.2) is 32.1 Å². The molecule has 0 aliphatic heterocycles. The minimum atomic E-state index is -1.02. The molecule has 0 bridgehead atoms. The number of nitrogens with zero attached hydrogens (tertiary/aromatic N) is 2. The second-order valence-electron chi connectivity index (χ2n) is 5.12. The van der Waals surface area contributed by atoms with Gasteiger partial charge in [-0.25, -0.2) is 4.98 Å². The molecule has 118 valence electrons. The van der Waals surface area contributed by atoms with Crippen molar-refractivity contribution in [1.29, 1.82) is 0 Å². The summed E-state index contributed by atoms with van der Waals surface area (Å²) in [5, 5.41) is 9.70. The highest BCUT2D eigenvalue weighted by Gasteiger charge is 2.13. The fraction of sp³-hybridized carbons (Fsp3) is 0.188. The number of fused-ring (bicyclic) bond motifs is 1. The highest BCUT2D eigenvalue weighted by atomic mass is 32.2. The fourth-order valence-corrected chi connectivity index (χ4v) is 2.97. The number of aromatic nitrogens is 3.